The Morgan fingerprint density at radius 1 is 1.11 bits per heavy atom. The molecule has 2 aromatic carbocycles. The van der Waals surface area contributed by atoms with Crippen molar-refractivity contribution in [2.45, 2.75) is 18.5 Å². The number of rotatable bonds is 10. The molecule has 5 nitrogen and oxygen atoms in total. The predicted molar refractivity (Wildman–Crippen MR) is 107 cm³/mol. The number of benzene rings is 2. The number of hydrogen-bond donors (Lipinski definition) is 1. The molecule has 142 valence electrons. The van der Waals surface area contributed by atoms with Gasteiger partial charge >= 0.3 is 5.97 Å². The molecule has 1 N–H and O–H groups in total. The molecule has 0 saturated carbocycles. The summed E-state index contributed by atoms with van der Waals surface area (Å²) in [6.07, 6.45) is 3.35. The third kappa shape index (κ3) is 5.31. The molecule has 3 aromatic rings. The minimum atomic E-state index is -1.02. The lowest BCUT2D eigenvalue weighted by atomic mass is 10.1. The number of carboxylic acid groups (broad SMARTS) is 1. The van der Waals surface area contributed by atoms with Crippen LogP contribution in [-0.4, -0.2) is 30.9 Å². The van der Waals surface area contributed by atoms with Gasteiger partial charge in [-0.25, -0.2) is 4.79 Å². The van der Waals surface area contributed by atoms with Crippen LogP contribution in [-0.2, 0) is 16.0 Å². The molecular weight excluding hydrogens is 363 g/mol. The number of aliphatic carboxylic acids is 1. The van der Waals surface area contributed by atoms with Gasteiger partial charge in [-0.3, -0.25) is 0 Å². The molecule has 0 bridgehead atoms. The Kier molecular flexibility index (Phi) is 6.86. The van der Waals surface area contributed by atoms with Crippen molar-refractivity contribution < 1.29 is 23.8 Å². The summed E-state index contributed by atoms with van der Waals surface area (Å²) in [6, 6.07) is 15.8. The van der Waals surface area contributed by atoms with E-state index in [1.54, 1.807) is 12.3 Å². The first-order valence-corrected chi connectivity index (χ1v) is 9.54. The molecule has 0 aliphatic carbocycles. The maximum Gasteiger partial charge on any atom is 0.341 e. The van der Waals surface area contributed by atoms with Crippen LogP contribution < -0.4 is 4.74 Å². The van der Waals surface area contributed by atoms with E-state index in [0.717, 1.165) is 23.8 Å². The highest BCUT2D eigenvalue weighted by atomic mass is 31.0. The second kappa shape index (κ2) is 9.54. The summed E-state index contributed by atoms with van der Waals surface area (Å²) in [7, 11) is 2.87. The maximum absolute atomic E-state index is 10.7. The number of ether oxygens (including phenoxy) is 2. The van der Waals surface area contributed by atoms with E-state index in [-0.39, 0.29) is 0 Å². The molecule has 0 aliphatic rings. The number of carboxylic acids is 1. The van der Waals surface area contributed by atoms with Crippen LogP contribution in [0.3, 0.4) is 0 Å². The van der Waals surface area contributed by atoms with Gasteiger partial charge in [0, 0.05) is 23.2 Å². The van der Waals surface area contributed by atoms with Crippen LogP contribution >= 0.6 is 9.24 Å². The molecule has 0 radical (unpaired) electrons. The lowest BCUT2D eigenvalue weighted by Gasteiger charge is -2.11. The zero-order valence-electron chi connectivity index (χ0n) is 15.0. The van der Waals surface area contributed by atoms with E-state index in [9.17, 15) is 4.79 Å². The highest BCUT2D eigenvalue weighted by Gasteiger charge is 2.12. The molecule has 0 aliphatic heterocycles. The highest BCUT2D eigenvalue weighted by molar-refractivity contribution is 7.17. The third-order valence-corrected chi connectivity index (χ3v) is 5.03. The quantitative estimate of drug-likeness (QED) is 0.411. The van der Waals surface area contributed by atoms with Gasteiger partial charge in [-0.05, 0) is 24.5 Å². The molecular formula is C21H23O5P. The summed E-state index contributed by atoms with van der Waals surface area (Å²) in [5.74, 6) is -0.578. The minimum Gasteiger partial charge on any atom is -0.479 e. The van der Waals surface area contributed by atoms with Gasteiger partial charge in [0.25, 0.3) is 0 Å². The molecule has 0 saturated heterocycles. The van der Waals surface area contributed by atoms with Gasteiger partial charge in [-0.2, -0.15) is 0 Å². The Morgan fingerprint density at radius 3 is 2.70 bits per heavy atom. The van der Waals surface area contributed by atoms with E-state index in [1.165, 1.54) is 5.56 Å². The van der Waals surface area contributed by atoms with Crippen LogP contribution in [0.15, 0.2) is 59.2 Å². The summed E-state index contributed by atoms with van der Waals surface area (Å²) in [6.45, 7) is 0.892. The number of hydrogen-bond acceptors (Lipinski definition) is 4. The Labute approximate surface area is 160 Å². The molecule has 27 heavy (non-hydrogen) atoms. The zero-order valence-corrected chi connectivity index (χ0v) is 16.1. The van der Waals surface area contributed by atoms with Crippen molar-refractivity contribution in [3.8, 4) is 5.75 Å². The molecule has 1 aromatic heterocycles. The largest absolute Gasteiger partial charge is 0.479 e. The first-order chi connectivity index (χ1) is 13.1. The zero-order chi connectivity index (χ0) is 19.1. The van der Waals surface area contributed by atoms with E-state index in [1.807, 2.05) is 30.3 Å². The number of para-hydroxylation sites is 1. The second-order valence-corrected chi connectivity index (χ2v) is 7.05. The summed E-state index contributed by atoms with van der Waals surface area (Å²) < 4.78 is 16.7. The van der Waals surface area contributed by atoms with Gasteiger partial charge in [-0.15, -0.1) is 9.24 Å². The lowest BCUT2D eigenvalue weighted by Crippen LogP contribution is -2.09. The predicted octanol–water partition coefficient (Wildman–Crippen LogP) is 4.46. The average Bonchev–Trinajstić information content (AvgIpc) is 3.10. The van der Waals surface area contributed by atoms with Crippen LogP contribution in [0.5, 0.6) is 5.75 Å². The normalized spacial score (nSPS) is 12.2. The van der Waals surface area contributed by atoms with Crippen molar-refractivity contribution in [3.05, 3.63) is 65.9 Å². The summed E-state index contributed by atoms with van der Waals surface area (Å²) in [5, 5.41) is 9.68. The van der Waals surface area contributed by atoms with E-state index in [2.05, 4.69) is 21.4 Å². The van der Waals surface area contributed by atoms with E-state index in [4.69, 9.17) is 19.0 Å². The molecule has 2 atom stereocenters. The molecule has 3 rings (SSSR count). The first-order valence-electron chi connectivity index (χ1n) is 8.87. The van der Waals surface area contributed by atoms with Crippen LogP contribution in [0.2, 0.25) is 0 Å². The summed E-state index contributed by atoms with van der Waals surface area (Å²) in [4.78, 5) is 10.7. The van der Waals surface area contributed by atoms with Gasteiger partial charge in [0.15, 0.2) is 17.9 Å². The molecule has 1 heterocycles. The standard InChI is InChI=1S/C21H23O5P/c22-20(23)14-25-18-8-4-7-17-16(13-26-21(17)18)9-11-24-12-10-19(27)15-5-2-1-3-6-15/h1-8,13,19H,9-12,14,27H2,(H,22,23). The number of fused-ring (bicyclic) bond motifs is 1. The van der Waals surface area contributed by atoms with Crippen molar-refractivity contribution in [2.24, 2.45) is 0 Å². The van der Waals surface area contributed by atoms with Crippen molar-refractivity contribution in [2.75, 3.05) is 19.8 Å². The van der Waals surface area contributed by atoms with Crippen LogP contribution in [0, 0.1) is 0 Å². The monoisotopic (exact) mass is 386 g/mol. The number of carbonyl (C=O) groups is 1. The SMILES string of the molecule is O=C(O)COc1cccc2c(CCOCCC(P)c3ccccc3)coc12. The molecule has 0 fully saturated rings. The van der Waals surface area contributed by atoms with E-state index < -0.39 is 12.6 Å². The summed E-state index contributed by atoms with van der Waals surface area (Å²) in [5.41, 5.74) is 3.27. The van der Waals surface area contributed by atoms with Crippen LogP contribution in [0.4, 0.5) is 0 Å². The van der Waals surface area contributed by atoms with Crippen LogP contribution in [0.25, 0.3) is 11.0 Å². The van der Waals surface area contributed by atoms with Crippen molar-refractivity contribution in [1.82, 2.24) is 0 Å². The van der Waals surface area contributed by atoms with Crippen molar-refractivity contribution in [3.63, 3.8) is 0 Å². The molecule has 0 spiro atoms. The molecule has 0 amide bonds. The fourth-order valence-electron chi connectivity index (χ4n) is 2.89. The second-order valence-electron chi connectivity index (χ2n) is 6.24. The number of furan rings is 1. The Morgan fingerprint density at radius 2 is 1.93 bits per heavy atom. The fraction of sp³-hybridized carbons (Fsp3) is 0.286. The van der Waals surface area contributed by atoms with Gasteiger partial charge in [-0.1, -0.05) is 42.5 Å². The average molecular weight is 386 g/mol. The van der Waals surface area contributed by atoms with Gasteiger partial charge < -0.3 is 19.0 Å². The third-order valence-electron chi connectivity index (χ3n) is 4.31. The molecule has 6 heteroatoms. The van der Waals surface area contributed by atoms with E-state index >= 15 is 0 Å². The van der Waals surface area contributed by atoms with Crippen molar-refractivity contribution in [1.29, 1.82) is 0 Å². The smallest absolute Gasteiger partial charge is 0.341 e. The topological polar surface area (TPSA) is 68.9 Å². The van der Waals surface area contributed by atoms with Gasteiger partial charge in [0.05, 0.1) is 12.9 Å². The van der Waals surface area contributed by atoms with Gasteiger partial charge in [0.1, 0.15) is 0 Å². The lowest BCUT2D eigenvalue weighted by molar-refractivity contribution is -0.139. The maximum atomic E-state index is 10.7. The fourth-order valence-corrected chi connectivity index (χ4v) is 3.25. The van der Waals surface area contributed by atoms with E-state index in [0.29, 0.717) is 30.2 Å². The Balaban J connectivity index is 1.49. The highest BCUT2D eigenvalue weighted by Crippen LogP contribution is 2.30. The van der Waals surface area contributed by atoms with Crippen molar-refractivity contribution >= 4 is 26.2 Å². The first kappa shape index (κ1) is 19.4. The van der Waals surface area contributed by atoms with Crippen LogP contribution in [0.1, 0.15) is 23.2 Å². The molecule has 2 unspecified atom stereocenters. The Bertz CT molecular complexity index is 875. The minimum absolute atomic E-state index is 0.384. The summed E-state index contributed by atoms with van der Waals surface area (Å²) >= 11 is 0. The Hall–Kier alpha value is -2.36. The van der Waals surface area contributed by atoms with Gasteiger partial charge in [0.2, 0.25) is 0 Å².